The lowest BCUT2D eigenvalue weighted by Crippen LogP contribution is -2.50. The van der Waals surface area contributed by atoms with Gasteiger partial charge in [0.2, 0.25) is 5.91 Å². The van der Waals surface area contributed by atoms with Crippen LogP contribution in [0.3, 0.4) is 0 Å². The molecule has 3 atom stereocenters. The van der Waals surface area contributed by atoms with Gasteiger partial charge in [-0.05, 0) is 38.5 Å². The molecule has 250 valence electrons. The van der Waals surface area contributed by atoms with Gasteiger partial charge in [-0.3, -0.25) is 4.79 Å². The maximum absolute atomic E-state index is 12.3. The molecule has 0 aromatic carbocycles. The molecule has 0 aliphatic heterocycles. The predicted octanol–water partition coefficient (Wildman–Crippen LogP) is 9.70. The Morgan fingerprint density at radius 2 is 0.952 bits per heavy atom. The molecule has 0 bridgehead atoms. The van der Waals surface area contributed by atoms with Gasteiger partial charge >= 0.3 is 0 Å². The summed E-state index contributed by atoms with van der Waals surface area (Å²) in [7, 11) is 0. The molecule has 42 heavy (non-hydrogen) atoms. The van der Waals surface area contributed by atoms with E-state index < -0.39 is 18.2 Å². The number of hydrogen-bond donors (Lipinski definition) is 4. The largest absolute Gasteiger partial charge is 0.394 e. The molecule has 0 aliphatic carbocycles. The number of unbranched alkanes of at least 4 members (excludes halogenated alkanes) is 23. The summed E-state index contributed by atoms with van der Waals surface area (Å²) in [5.74, 6) is -0.154. The zero-order valence-electron chi connectivity index (χ0n) is 28.1. The third-order valence-electron chi connectivity index (χ3n) is 8.62. The van der Waals surface area contributed by atoms with Crippen molar-refractivity contribution in [2.24, 2.45) is 0 Å². The molecule has 0 fully saturated rings. The fourth-order valence-electron chi connectivity index (χ4n) is 5.69. The minimum absolute atomic E-state index is 0.154. The predicted molar refractivity (Wildman–Crippen MR) is 181 cm³/mol. The molecular formula is C37H73NO4. The van der Waals surface area contributed by atoms with E-state index in [2.05, 4.69) is 31.3 Å². The third-order valence-corrected chi connectivity index (χ3v) is 8.62. The van der Waals surface area contributed by atoms with Crippen LogP contribution in [0.25, 0.3) is 0 Å². The molecule has 5 heteroatoms. The second-order valence-corrected chi connectivity index (χ2v) is 12.8. The highest BCUT2D eigenvalue weighted by Gasteiger charge is 2.26. The standard InChI is InChI=1S/C37H73NO4/c1-3-5-7-9-11-13-14-15-16-17-18-19-20-21-22-24-26-28-30-32-36(41)38-34(33-39)37(42)35(40)31-29-27-25-23-12-10-8-6-4-2/h23,25,34-35,37,39-40,42H,3-22,24,26-33H2,1-2H3,(H,38,41)/b25-23+. The van der Waals surface area contributed by atoms with Crippen molar-refractivity contribution in [3.8, 4) is 0 Å². The zero-order valence-corrected chi connectivity index (χ0v) is 28.1. The summed E-state index contributed by atoms with van der Waals surface area (Å²) in [4.78, 5) is 12.3. The first-order valence-corrected chi connectivity index (χ1v) is 18.5. The van der Waals surface area contributed by atoms with Crippen molar-refractivity contribution in [2.75, 3.05) is 6.61 Å². The number of carbonyl (C=O) groups is 1. The smallest absolute Gasteiger partial charge is 0.220 e. The van der Waals surface area contributed by atoms with Gasteiger partial charge in [0.1, 0.15) is 6.10 Å². The number of aliphatic hydroxyl groups excluding tert-OH is 3. The highest BCUT2D eigenvalue weighted by molar-refractivity contribution is 5.76. The molecule has 0 aromatic heterocycles. The van der Waals surface area contributed by atoms with Crippen LogP contribution < -0.4 is 5.32 Å². The Morgan fingerprint density at radius 3 is 1.38 bits per heavy atom. The maximum Gasteiger partial charge on any atom is 0.220 e. The van der Waals surface area contributed by atoms with Crippen LogP contribution in [-0.2, 0) is 4.79 Å². The van der Waals surface area contributed by atoms with Gasteiger partial charge in [0.05, 0.1) is 18.8 Å². The number of rotatable bonds is 33. The Balaban J connectivity index is 3.62. The summed E-state index contributed by atoms with van der Waals surface area (Å²) in [6.45, 7) is 4.12. The molecule has 5 nitrogen and oxygen atoms in total. The Kier molecular flexibility index (Phi) is 32.3. The van der Waals surface area contributed by atoms with Crippen molar-refractivity contribution in [1.29, 1.82) is 0 Å². The van der Waals surface area contributed by atoms with Crippen LogP contribution in [0.4, 0.5) is 0 Å². The summed E-state index contributed by atoms with van der Waals surface area (Å²) in [5.41, 5.74) is 0. The number of hydrogen-bond acceptors (Lipinski definition) is 4. The minimum atomic E-state index is -1.15. The van der Waals surface area contributed by atoms with Gasteiger partial charge in [-0.25, -0.2) is 0 Å². The first-order chi connectivity index (χ1) is 20.6. The van der Waals surface area contributed by atoms with Crippen molar-refractivity contribution in [1.82, 2.24) is 5.32 Å². The Labute approximate surface area is 261 Å². The maximum atomic E-state index is 12.3. The number of aliphatic hydroxyl groups is 3. The van der Waals surface area contributed by atoms with Crippen LogP contribution in [0.1, 0.15) is 194 Å². The highest BCUT2D eigenvalue weighted by Crippen LogP contribution is 2.15. The Morgan fingerprint density at radius 1 is 0.571 bits per heavy atom. The molecule has 3 unspecified atom stereocenters. The monoisotopic (exact) mass is 596 g/mol. The Bertz CT molecular complexity index is 582. The van der Waals surface area contributed by atoms with E-state index in [1.807, 2.05) is 0 Å². The van der Waals surface area contributed by atoms with E-state index in [4.69, 9.17) is 0 Å². The quantitative estimate of drug-likeness (QED) is 0.0449. The lowest BCUT2D eigenvalue weighted by Gasteiger charge is -2.26. The van der Waals surface area contributed by atoms with E-state index in [1.165, 1.54) is 128 Å². The molecule has 0 saturated heterocycles. The van der Waals surface area contributed by atoms with Crippen LogP contribution in [0, 0.1) is 0 Å². The zero-order chi connectivity index (χ0) is 30.9. The average Bonchev–Trinajstić information content (AvgIpc) is 2.99. The molecule has 0 rings (SSSR count). The van der Waals surface area contributed by atoms with Gasteiger partial charge in [-0.2, -0.15) is 0 Å². The fraction of sp³-hybridized carbons (Fsp3) is 0.919. The van der Waals surface area contributed by atoms with Gasteiger partial charge in [0, 0.05) is 6.42 Å². The van der Waals surface area contributed by atoms with Gasteiger partial charge in [-0.15, -0.1) is 0 Å². The minimum Gasteiger partial charge on any atom is -0.394 e. The highest BCUT2D eigenvalue weighted by atomic mass is 16.3. The molecule has 4 N–H and O–H groups in total. The van der Waals surface area contributed by atoms with E-state index in [-0.39, 0.29) is 12.5 Å². The fourth-order valence-corrected chi connectivity index (χ4v) is 5.69. The SMILES string of the molecule is CCCCCC/C=C/CCCC(O)C(O)C(CO)NC(=O)CCCCCCCCCCCCCCCCCCCCC. The lowest BCUT2D eigenvalue weighted by molar-refractivity contribution is -0.124. The summed E-state index contributed by atoms with van der Waals surface area (Å²) < 4.78 is 0. The number of amides is 1. The van der Waals surface area contributed by atoms with Gasteiger partial charge in [-0.1, -0.05) is 161 Å². The van der Waals surface area contributed by atoms with Crippen molar-refractivity contribution in [3.05, 3.63) is 12.2 Å². The normalized spacial score (nSPS) is 13.9. The van der Waals surface area contributed by atoms with Crippen molar-refractivity contribution < 1.29 is 20.1 Å². The summed E-state index contributed by atoms with van der Waals surface area (Å²) >= 11 is 0. The molecular weight excluding hydrogens is 522 g/mol. The van der Waals surface area contributed by atoms with E-state index in [0.29, 0.717) is 12.8 Å². The van der Waals surface area contributed by atoms with Gasteiger partial charge < -0.3 is 20.6 Å². The number of carbonyl (C=O) groups excluding carboxylic acids is 1. The van der Waals surface area contributed by atoms with Crippen LogP contribution in [0.5, 0.6) is 0 Å². The second kappa shape index (κ2) is 33.0. The van der Waals surface area contributed by atoms with E-state index >= 15 is 0 Å². The van der Waals surface area contributed by atoms with Crippen LogP contribution >= 0.6 is 0 Å². The van der Waals surface area contributed by atoms with Gasteiger partial charge in [0.25, 0.3) is 0 Å². The van der Waals surface area contributed by atoms with E-state index in [1.54, 1.807) is 0 Å². The summed E-state index contributed by atoms with van der Waals surface area (Å²) in [6.07, 6.45) is 36.0. The molecule has 0 spiro atoms. The lowest BCUT2D eigenvalue weighted by atomic mass is 10.0. The van der Waals surface area contributed by atoms with Crippen molar-refractivity contribution in [2.45, 2.75) is 212 Å². The van der Waals surface area contributed by atoms with Crippen molar-refractivity contribution >= 4 is 5.91 Å². The number of allylic oxidation sites excluding steroid dienone is 2. The number of nitrogens with one attached hydrogen (secondary N) is 1. The Hall–Kier alpha value is -0.910. The average molecular weight is 596 g/mol. The molecule has 0 aromatic rings. The molecule has 1 amide bonds. The van der Waals surface area contributed by atoms with Crippen LogP contribution in [-0.4, -0.2) is 46.1 Å². The van der Waals surface area contributed by atoms with Gasteiger partial charge in [0.15, 0.2) is 0 Å². The third kappa shape index (κ3) is 27.9. The van der Waals surface area contributed by atoms with E-state index in [9.17, 15) is 20.1 Å². The second-order valence-electron chi connectivity index (χ2n) is 12.8. The van der Waals surface area contributed by atoms with E-state index in [0.717, 1.165) is 38.5 Å². The van der Waals surface area contributed by atoms with Crippen molar-refractivity contribution in [3.63, 3.8) is 0 Å². The summed E-state index contributed by atoms with van der Waals surface area (Å²) in [5, 5.41) is 33.2. The summed E-state index contributed by atoms with van der Waals surface area (Å²) in [6, 6.07) is -0.818. The van der Waals surface area contributed by atoms with Crippen LogP contribution in [0.15, 0.2) is 12.2 Å². The molecule has 0 radical (unpaired) electrons. The first-order valence-electron chi connectivity index (χ1n) is 18.5. The molecule has 0 heterocycles. The first kappa shape index (κ1) is 41.1. The molecule has 0 aliphatic rings. The molecule has 0 saturated carbocycles. The van der Waals surface area contributed by atoms with Crippen LogP contribution in [0.2, 0.25) is 0 Å². The topological polar surface area (TPSA) is 89.8 Å².